The molecule has 0 aromatic carbocycles. The van der Waals surface area contributed by atoms with Crippen molar-refractivity contribution in [2.45, 2.75) is 26.3 Å². The number of carbonyl (C=O) groups excluding carboxylic acids is 2. The molecule has 0 fully saturated rings. The van der Waals surface area contributed by atoms with Crippen LogP contribution in [0.25, 0.3) is 0 Å². The Morgan fingerprint density at radius 2 is 1.81 bits per heavy atom. The van der Waals surface area contributed by atoms with Gasteiger partial charge in [0, 0.05) is 12.6 Å². The minimum Gasteiger partial charge on any atom is -0.480 e. The first-order valence-corrected chi connectivity index (χ1v) is 6.75. The molecular formula is C13H25N3O5. The molecule has 0 aromatic heterocycles. The molecule has 0 aliphatic heterocycles. The van der Waals surface area contributed by atoms with Crippen LogP contribution in [-0.4, -0.2) is 67.8 Å². The van der Waals surface area contributed by atoms with Gasteiger partial charge < -0.3 is 20.1 Å². The Morgan fingerprint density at radius 1 is 1.19 bits per heavy atom. The second kappa shape index (κ2) is 10.1. The number of urea groups is 1. The van der Waals surface area contributed by atoms with Gasteiger partial charge in [-0.3, -0.25) is 10.1 Å². The Balaban J connectivity index is 4.17. The fraction of sp³-hybridized carbons (Fsp3) is 0.769. The van der Waals surface area contributed by atoms with Gasteiger partial charge in [-0.25, -0.2) is 9.59 Å². The van der Waals surface area contributed by atoms with E-state index in [9.17, 15) is 14.4 Å². The standard InChI is InChI=1S/C13H25N3O5/c1-9(2)5-10(6-16(3)4)14-13(20)15-11(17)7-21-8-12(18)19/h9-10H,5-8H2,1-4H3,(H,18,19)(H2,14,15,17,20). The number of hydrogen-bond acceptors (Lipinski definition) is 5. The number of carboxylic acids is 1. The highest BCUT2D eigenvalue weighted by Crippen LogP contribution is 2.05. The van der Waals surface area contributed by atoms with Crippen molar-refractivity contribution in [1.29, 1.82) is 0 Å². The Kier molecular flexibility index (Phi) is 9.31. The topological polar surface area (TPSA) is 108 Å². The van der Waals surface area contributed by atoms with Gasteiger partial charge in [0.2, 0.25) is 0 Å². The first-order valence-electron chi connectivity index (χ1n) is 6.75. The Bertz CT molecular complexity index is 348. The van der Waals surface area contributed by atoms with Crippen LogP contribution < -0.4 is 10.6 Å². The Morgan fingerprint density at radius 3 is 2.29 bits per heavy atom. The summed E-state index contributed by atoms with van der Waals surface area (Å²) >= 11 is 0. The van der Waals surface area contributed by atoms with Gasteiger partial charge in [-0.05, 0) is 26.4 Å². The largest absolute Gasteiger partial charge is 0.480 e. The monoisotopic (exact) mass is 303 g/mol. The van der Waals surface area contributed by atoms with E-state index in [0.29, 0.717) is 12.5 Å². The number of nitrogens with one attached hydrogen (secondary N) is 2. The summed E-state index contributed by atoms with van der Waals surface area (Å²) in [5, 5.41) is 13.2. The summed E-state index contributed by atoms with van der Waals surface area (Å²) in [5.74, 6) is -1.44. The first-order chi connectivity index (χ1) is 9.70. The molecule has 0 bridgehead atoms. The molecule has 0 heterocycles. The first kappa shape index (κ1) is 19.3. The molecule has 8 heteroatoms. The molecule has 0 saturated carbocycles. The maximum absolute atomic E-state index is 11.7. The minimum absolute atomic E-state index is 0.0762. The van der Waals surface area contributed by atoms with E-state index in [-0.39, 0.29) is 6.04 Å². The van der Waals surface area contributed by atoms with Crippen LogP contribution in [-0.2, 0) is 14.3 Å². The van der Waals surface area contributed by atoms with E-state index in [4.69, 9.17) is 5.11 Å². The fourth-order valence-electron chi connectivity index (χ4n) is 1.80. The van der Waals surface area contributed by atoms with Crippen molar-refractivity contribution in [3.63, 3.8) is 0 Å². The van der Waals surface area contributed by atoms with E-state index in [1.54, 1.807) is 0 Å². The molecule has 1 unspecified atom stereocenters. The number of hydrogen-bond donors (Lipinski definition) is 3. The lowest BCUT2D eigenvalue weighted by Crippen LogP contribution is -2.49. The van der Waals surface area contributed by atoms with Gasteiger partial charge in [0.1, 0.15) is 13.2 Å². The fourth-order valence-corrected chi connectivity index (χ4v) is 1.80. The van der Waals surface area contributed by atoms with E-state index in [1.807, 2.05) is 32.8 Å². The molecule has 0 saturated heterocycles. The molecule has 0 radical (unpaired) electrons. The third kappa shape index (κ3) is 11.8. The van der Waals surface area contributed by atoms with Crippen LogP contribution in [0.3, 0.4) is 0 Å². The SMILES string of the molecule is CC(C)CC(CN(C)C)NC(=O)NC(=O)COCC(=O)O. The molecule has 0 aromatic rings. The molecule has 8 nitrogen and oxygen atoms in total. The molecule has 0 spiro atoms. The number of nitrogens with zero attached hydrogens (tertiary/aromatic N) is 1. The van der Waals surface area contributed by atoms with Crippen LogP contribution in [0.2, 0.25) is 0 Å². The van der Waals surface area contributed by atoms with E-state index in [1.165, 1.54) is 0 Å². The van der Waals surface area contributed by atoms with Gasteiger partial charge in [0.05, 0.1) is 0 Å². The highest BCUT2D eigenvalue weighted by atomic mass is 16.5. The van der Waals surface area contributed by atoms with Crippen LogP contribution in [0.15, 0.2) is 0 Å². The highest BCUT2D eigenvalue weighted by molar-refractivity contribution is 5.95. The quantitative estimate of drug-likeness (QED) is 0.548. The van der Waals surface area contributed by atoms with Crippen molar-refractivity contribution in [3.05, 3.63) is 0 Å². The van der Waals surface area contributed by atoms with Gasteiger partial charge in [-0.15, -0.1) is 0 Å². The van der Waals surface area contributed by atoms with E-state index in [0.717, 1.165) is 6.42 Å². The Labute approximate surface area is 124 Å². The maximum atomic E-state index is 11.7. The molecule has 122 valence electrons. The highest BCUT2D eigenvalue weighted by Gasteiger charge is 2.16. The van der Waals surface area contributed by atoms with E-state index >= 15 is 0 Å². The zero-order chi connectivity index (χ0) is 16.4. The summed E-state index contributed by atoms with van der Waals surface area (Å²) in [5.41, 5.74) is 0. The predicted octanol–water partition coefficient (Wildman–Crippen LogP) is -0.110. The summed E-state index contributed by atoms with van der Waals surface area (Å²) in [7, 11) is 3.80. The molecule has 0 rings (SSSR count). The van der Waals surface area contributed by atoms with E-state index < -0.39 is 31.1 Å². The number of ether oxygens (including phenoxy) is 1. The number of carbonyl (C=O) groups is 3. The molecule has 21 heavy (non-hydrogen) atoms. The number of carboxylic acid groups (broad SMARTS) is 1. The van der Waals surface area contributed by atoms with E-state index in [2.05, 4.69) is 15.4 Å². The average Bonchev–Trinajstić information content (AvgIpc) is 2.25. The number of likely N-dealkylation sites (N-methyl/N-ethyl adjacent to an activating group) is 1. The maximum Gasteiger partial charge on any atom is 0.329 e. The smallest absolute Gasteiger partial charge is 0.329 e. The number of amides is 3. The van der Waals surface area contributed by atoms with Gasteiger partial charge in [0.25, 0.3) is 5.91 Å². The van der Waals surface area contributed by atoms with Crippen molar-refractivity contribution in [2.24, 2.45) is 5.92 Å². The molecule has 0 aliphatic carbocycles. The van der Waals surface area contributed by atoms with Gasteiger partial charge >= 0.3 is 12.0 Å². The lowest BCUT2D eigenvalue weighted by molar-refractivity contribution is -0.143. The average molecular weight is 303 g/mol. The van der Waals surface area contributed by atoms with Crippen molar-refractivity contribution in [2.75, 3.05) is 33.9 Å². The molecule has 3 amide bonds. The van der Waals surface area contributed by atoms with Crippen molar-refractivity contribution in [3.8, 4) is 0 Å². The summed E-state index contributed by atoms with van der Waals surface area (Å²) in [6, 6.07) is -0.681. The predicted molar refractivity (Wildman–Crippen MR) is 76.9 cm³/mol. The molecule has 1 atom stereocenters. The second-order valence-corrected chi connectivity index (χ2v) is 5.50. The molecular weight excluding hydrogens is 278 g/mol. The van der Waals surface area contributed by atoms with Crippen LogP contribution in [0.4, 0.5) is 4.79 Å². The second-order valence-electron chi connectivity index (χ2n) is 5.50. The Hall–Kier alpha value is -1.67. The van der Waals surface area contributed by atoms with Crippen molar-refractivity contribution in [1.82, 2.24) is 15.5 Å². The third-order valence-corrected chi connectivity index (χ3v) is 2.39. The van der Waals surface area contributed by atoms with Crippen LogP contribution in [0.1, 0.15) is 20.3 Å². The summed E-state index contributed by atoms with van der Waals surface area (Å²) < 4.78 is 4.59. The molecule has 3 N–H and O–H groups in total. The minimum atomic E-state index is -1.17. The summed E-state index contributed by atoms with van der Waals surface area (Å²) in [4.78, 5) is 35.2. The lowest BCUT2D eigenvalue weighted by Gasteiger charge is -2.23. The number of rotatable bonds is 9. The van der Waals surface area contributed by atoms with Crippen LogP contribution in [0.5, 0.6) is 0 Å². The van der Waals surface area contributed by atoms with Crippen molar-refractivity contribution < 1.29 is 24.2 Å². The molecule has 0 aliphatic rings. The van der Waals surface area contributed by atoms with Gasteiger partial charge in [-0.1, -0.05) is 13.8 Å². The van der Waals surface area contributed by atoms with Crippen LogP contribution >= 0.6 is 0 Å². The normalized spacial score (nSPS) is 12.3. The summed E-state index contributed by atoms with van der Waals surface area (Å²) in [6.07, 6.45) is 0.787. The lowest BCUT2D eigenvalue weighted by atomic mass is 10.0. The van der Waals surface area contributed by atoms with Gasteiger partial charge in [0.15, 0.2) is 0 Å². The van der Waals surface area contributed by atoms with Crippen LogP contribution in [0, 0.1) is 5.92 Å². The number of imide groups is 1. The summed E-state index contributed by atoms with van der Waals surface area (Å²) in [6.45, 7) is 3.71. The number of aliphatic carboxylic acids is 1. The zero-order valence-corrected chi connectivity index (χ0v) is 13.0. The van der Waals surface area contributed by atoms with Crippen molar-refractivity contribution >= 4 is 17.9 Å². The third-order valence-electron chi connectivity index (χ3n) is 2.39. The zero-order valence-electron chi connectivity index (χ0n) is 13.0. The van der Waals surface area contributed by atoms with Gasteiger partial charge in [-0.2, -0.15) is 0 Å².